The van der Waals surface area contributed by atoms with Crippen molar-refractivity contribution in [2.24, 2.45) is 0 Å². The van der Waals surface area contributed by atoms with Crippen molar-refractivity contribution in [1.29, 1.82) is 0 Å². The Balaban J connectivity index is 2.29. The van der Waals surface area contributed by atoms with Crippen molar-refractivity contribution in [3.63, 3.8) is 0 Å². The number of unbranched alkanes of at least 4 members (excludes halogenated alkanes) is 1. The molecule has 1 N–H and O–H groups in total. The van der Waals surface area contributed by atoms with Gasteiger partial charge in [0.15, 0.2) is 0 Å². The highest BCUT2D eigenvalue weighted by atomic mass is 16.5. The summed E-state index contributed by atoms with van der Waals surface area (Å²) in [7, 11) is 3.83. The molecule has 0 amide bonds. The molecule has 0 saturated carbocycles. The van der Waals surface area contributed by atoms with Crippen LogP contribution in [0.4, 0.5) is 5.69 Å². The lowest BCUT2D eigenvalue weighted by Gasteiger charge is -2.20. The molecule has 0 heterocycles. The van der Waals surface area contributed by atoms with Crippen molar-refractivity contribution in [2.75, 3.05) is 32.1 Å². The fraction of sp³-hybridized carbons (Fsp3) is 0.600. The van der Waals surface area contributed by atoms with E-state index in [1.165, 1.54) is 18.5 Å². The highest BCUT2D eigenvalue weighted by molar-refractivity contribution is 5.49. The molecule has 0 aliphatic carbocycles. The number of nitrogens with zero attached hydrogens (tertiary/aromatic N) is 1. The lowest BCUT2D eigenvalue weighted by atomic mass is 10.2. The van der Waals surface area contributed by atoms with Crippen molar-refractivity contribution in [2.45, 2.75) is 32.7 Å². The summed E-state index contributed by atoms with van der Waals surface area (Å²) in [6.07, 6.45) is 2.42. The van der Waals surface area contributed by atoms with Crippen LogP contribution in [0.2, 0.25) is 0 Å². The number of rotatable bonds is 8. The third-order valence-electron chi connectivity index (χ3n) is 2.97. The van der Waals surface area contributed by atoms with Crippen molar-refractivity contribution < 1.29 is 4.74 Å². The van der Waals surface area contributed by atoms with Crippen LogP contribution < -0.4 is 15.0 Å². The van der Waals surface area contributed by atoms with E-state index in [2.05, 4.69) is 43.2 Å². The zero-order chi connectivity index (χ0) is 13.4. The van der Waals surface area contributed by atoms with Crippen LogP contribution in [0, 0.1) is 0 Å². The maximum absolute atomic E-state index is 5.24. The van der Waals surface area contributed by atoms with Gasteiger partial charge >= 0.3 is 0 Å². The molecule has 0 atom stereocenters. The van der Waals surface area contributed by atoms with Gasteiger partial charge in [0.25, 0.3) is 0 Å². The van der Waals surface area contributed by atoms with Crippen molar-refractivity contribution in [3.8, 4) is 5.75 Å². The number of nitrogens with one attached hydrogen (secondary N) is 1. The van der Waals surface area contributed by atoms with Crippen LogP contribution >= 0.6 is 0 Å². The summed E-state index contributed by atoms with van der Waals surface area (Å²) in [6, 6.07) is 8.79. The van der Waals surface area contributed by atoms with Gasteiger partial charge < -0.3 is 15.0 Å². The maximum atomic E-state index is 5.24. The van der Waals surface area contributed by atoms with Gasteiger partial charge in [-0.05, 0) is 31.5 Å². The van der Waals surface area contributed by atoms with Gasteiger partial charge in [-0.3, -0.25) is 0 Å². The minimum Gasteiger partial charge on any atom is -0.497 e. The second kappa shape index (κ2) is 7.98. The second-order valence-corrected chi connectivity index (χ2v) is 4.94. The average Bonchev–Trinajstić information content (AvgIpc) is 2.37. The Morgan fingerprint density at radius 3 is 2.72 bits per heavy atom. The SMILES string of the molecule is COc1cccc(N(C)CCCCNC(C)C)c1. The van der Waals surface area contributed by atoms with Gasteiger partial charge in [-0.2, -0.15) is 0 Å². The van der Waals surface area contributed by atoms with E-state index in [9.17, 15) is 0 Å². The first-order valence-corrected chi connectivity index (χ1v) is 6.72. The third kappa shape index (κ3) is 5.41. The number of benzene rings is 1. The van der Waals surface area contributed by atoms with Crippen LogP contribution in [0.5, 0.6) is 5.75 Å². The zero-order valence-electron chi connectivity index (χ0n) is 12.1. The minimum atomic E-state index is 0.584. The predicted octanol–water partition coefficient (Wildman–Crippen LogP) is 2.91. The van der Waals surface area contributed by atoms with Crippen molar-refractivity contribution >= 4 is 5.69 Å². The zero-order valence-corrected chi connectivity index (χ0v) is 12.1. The molecule has 0 aliphatic heterocycles. The Morgan fingerprint density at radius 1 is 1.28 bits per heavy atom. The number of hydrogen-bond acceptors (Lipinski definition) is 3. The maximum Gasteiger partial charge on any atom is 0.120 e. The number of anilines is 1. The number of hydrogen-bond donors (Lipinski definition) is 1. The first kappa shape index (κ1) is 14.8. The van der Waals surface area contributed by atoms with E-state index in [0.29, 0.717) is 6.04 Å². The number of methoxy groups -OCH3 is 1. The Labute approximate surface area is 111 Å². The Morgan fingerprint density at radius 2 is 2.06 bits per heavy atom. The largest absolute Gasteiger partial charge is 0.497 e. The molecule has 0 radical (unpaired) electrons. The van der Waals surface area contributed by atoms with Gasteiger partial charge in [-0.25, -0.2) is 0 Å². The van der Waals surface area contributed by atoms with Crippen LogP contribution in [0.3, 0.4) is 0 Å². The van der Waals surface area contributed by atoms with Gasteiger partial charge in [0.05, 0.1) is 7.11 Å². The van der Waals surface area contributed by atoms with Gasteiger partial charge in [0.1, 0.15) is 5.75 Å². The monoisotopic (exact) mass is 250 g/mol. The predicted molar refractivity (Wildman–Crippen MR) is 78.6 cm³/mol. The molecular weight excluding hydrogens is 224 g/mol. The topological polar surface area (TPSA) is 24.5 Å². The van der Waals surface area contributed by atoms with E-state index in [1.807, 2.05) is 12.1 Å². The molecule has 1 aromatic carbocycles. The van der Waals surface area contributed by atoms with Crippen LogP contribution in [-0.2, 0) is 0 Å². The summed E-state index contributed by atoms with van der Waals surface area (Å²) >= 11 is 0. The second-order valence-electron chi connectivity index (χ2n) is 4.94. The molecule has 1 rings (SSSR count). The molecule has 3 heteroatoms. The van der Waals surface area contributed by atoms with Crippen LogP contribution in [-0.4, -0.2) is 33.3 Å². The normalized spacial score (nSPS) is 10.7. The summed E-state index contributed by atoms with van der Waals surface area (Å²) in [5, 5.41) is 3.44. The van der Waals surface area contributed by atoms with E-state index >= 15 is 0 Å². The molecule has 0 saturated heterocycles. The van der Waals surface area contributed by atoms with Crippen LogP contribution in [0.25, 0.3) is 0 Å². The first-order valence-electron chi connectivity index (χ1n) is 6.72. The van der Waals surface area contributed by atoms with Crippen LogP contribution in [0.1, 0.15) is 26.7 Å². The molecule has 0 unspecified atom stereocenters. The Kier molecular flexibility index (Phi) is 6.58. The van der Waals surface area contributed by atoms with Gasteiger partial charge in [0.2, 0.25) is 0 Å². The summed E-state index contributed by atoms with van der Waals surface area (Å²) in [5.41, 5.74) is 1.21. The van der Waals surface area contributed by atoms with Gasteiger partial charge in [0, 0.05) is 31.4 Å². The lowest BCUT2D eigenvalue weighted by Crippen LogP contribution is -2.25. The fourth-order valence-corrected chi connectivity index (χ4v) is 1.84. The minimum absolute atomic E-state index is 0.584. The molecule has 18 heavy (non-hydrogen) atoms. The molecule has 0 fully saturated rings. The van der Waals surface area contributed by atoms with Crippen LogP contribution in [0.15, 0.2) is 24.3 Å². The molecule has 102 valence electrons. The number of ether oxygens (including phenoxy) is 1. The molecule has 0 spiro atoms. The standard InChI is InChI=1S/C15H26N2O/c1-13(2)16-10-5-6-11-17(3)14-8-7-9-15(12-14)18-4/h7-9,12-13,16H,5-6,10-11H2,1-4H3. The smallest absolute Gasteiger partial charge is 0.120 e. The van der Waals surface area contributed by atoms with Crippen molar-refractivity contribution in [3.05, 3.63) is 24.3 Å². The van der Waals surface area contributed by atoms with E-state index in [0.717, 1.165) is 18.8 Å². The molecule has 0 aliphatic rings. The summed E-state index contributed by atoms with van der Waals surface area (Å²) in [6.45, 7) is 6.54. The van der Waals surface area contributed by atoms with Crippen molar-refractivity contribution in [1.82, 2.24) is 5.32 Å². The van der Waals surface area contributed by atoms with Gasteiger partial charge in [-0.1, -0.05) is 19.9 Å². The highest BCUT2D eigenvalue weighted by Gasteiger charge is 2.02. The molecule has 0 aromatic heterocycles. The molecule has 0 bridgehead atoms. The van der Waals surface area contributed by atoms with E-state index in [4.69, 9.17) is 4.74 Å². The average molecular weight is 250 g/mol. The Bertz CT molecular complexity index is 339. The van der Waals surface area contributed by atoms with E-state index in [-0.39, 0.29) is 0 Å². The summed E-state index contributed by atoms with van der Waals surface area (Å²) in [4.78, 5) is 2.28. The third-order valence-corrected chi connectivity index (χ3v) is 2.97. The fourth-order valence-electron chi connectivity index (χ4n) is 1.84. The Hall–Kier alpha value is -1.22. The van der Waals surface area contributed by atoms with Gasteiger partial charge in [-0.15, -0.1) is 0 Å². The quantitative estimate of drug-likeness (QED) is 0.718. The lowest BCUT2D eigenvalue weighted by molar-refractivity contribution is 0.415. The highest BCUT2D eigenvalue weighted by Crippen LogP contribution is 2.19. The summed E-state index contributed by atoms with van der Waals surface area (Å²) < 4.78 is 5.24. The molecule has 3 nitrogen and oxygen atoms in total. The first-order chi connectivity index (χ1) is 8.63. The van der Waals surface area contributed by atoms with E-state index in [1.54, 1.807) is 7.11 Å². The van der Waals surface area contributed by atoms with E-state index < -0.39 is 0 Å². The molecule has 1 aromatic rings. The molecular formula is C15H26N2O. The summed E-state index contributed by atoms with van der Waals surface area (Å²) in [5.74, 6) is 0.917.